The van der Waals surface area contributed by atoms with E-state index >= 15 is 0 Å². The molecule has 2 bridgehead atoms. The summed E-state index contributed by atoms with van der Waals surface area (Å²) >= 11 is 0. The fraction of sp³-hybridized carbons (Fsp3) is 0.917. The van der Waals surface area contributed by atoms with Gasteiger partial charge in [-0.05, 0) is 44.9 Å². The third kappa shape index (κ3) is 1.40. The topological polar surface area (TPSA) is 35.5 Å². The maximum Gasteiger partial charge on any atom is 0.314 e. The Morgan fingerprint density at radius 3 is 2.80 bits per heavy atom. The first-order valence-corrected chi connectivity index (χ1v) is 5.84. The van der Waals surface area contributed by atoms with Crippen molar-refractivity contribution in [2.45, 2.75) is 39.2 Å². The summed E-state index contributed by atoms with van der Waals surface area (Å²) in [7, 11) is 1.71. The minimum absolute atomic E-state index is 0.0651. The highest BCUT2D eigenvalue weighted by molar-refractivity contribution is 5.78. The Labute approximate surface area is 91.1 Å². The number of carbonyl (C=O) groups is 1. The molecular formula is C12H20O3. The molecule has 4 unspecified atom stereocenters. The van der Waals surface area contributed by atoms with Gasteiger partial charge in [0.1, 0.15) is 0 Å². The van der Waals surface area contributed by atoms with Gasteiger partial charge in [0.2, 0.25) is 0 Å². The molecule has 0 aliphatic heterocycles. The summed E-state index contributed by atoms with van der Waals surface area (Å²) < 4.78 is 10.7. The number of carbonyl (C=O) groups excluding carboxylic acids is 1. The predicted octanol–water partition coefficient (Wildman–Crippen LogP) is 2.00. The van der Waals surface area contributed by atoms with Gasteiger partial charge in [0, 0.05) is 7.11 Å². The molecule has 4 atom stereocenters. The van der Waals surface area contributed by atoms with Crippen LogP contribution in [0.15, 0.2) is 0 Å². The molecule has 2 aliphatic carbocycles. The second-order valence-corrected chi connectivity index (χ2v) is 4.93. The Bertz CT molecular complexity index is 264. The van der Waals surface area contributed by atoms with Gasteiger partial charge in [0.05, 0.1) is 18.1 Å². The molecular weight excluding hydrogens is 192 g/mol. The number of esters is 1. The van der Waals surface area contributed by atoms with Gasteiger partial charge in [-0.2, -0.15) is 0 Å². The molecule has 0 aromatic rings. The van der Waals surface area contributed by atoms with E-state index in [-0.39, 0.29) is 12.1 Å². The summed E-state index contributed by atoms with van der Waals surface area (Å²) in [4.78, 5) is 12.0. The van der Waals surface area contributed by atoms with E-state index in [1.807, 2.05) is 13.8 Å². The molecule has 3 nitrogen and oxygen atoms in total. The molecule has 2 saturated carbocycles. The maximum absolute atomic E-state index is 12.0. The lowest BCUT2D eigenvalue weighted by atomic mass is 9.72. The van der Waals surface area contributed by atoms with Crippen LogP contribution in [-0.4, -0.2) is 25.8 Å². The number of rotatable bonds is 3. The maximum atomic E-state index is 12.0. The van der Waals surface area contributed by atoms with Gasteiger partial charge in [-0.1, -0.05) is 0 Å². The Balaban J connectivity index is 2.21. The van der Waals surface area contributed by atoms with Gasteiger partial charge in [-0.15, -0.1) is 0 Å². The lowest BCUT2D eigenvalue weighted by Gasteiger charge is -2.37. The van der Waals surface area contributed by atoms with Gasteiger partial charge in [0.25, 0.3) is 0 Å². The summed E-state index contributed by atoms with van der Waals surface area (Å²) in [5, 5.41) is 0. The Hall–Kier alpha value is -0.570. The minimum atomic E-state index is -0.395. The molecule has 0 N–H and O–H groups in total. The minimum Gasteiger partial charge on any atom is -0.465 e. The molecule has 0 amide bonds. The molecule has 0 heterocycles. The third-order valence-corrected chi connectivity index (χ3v) is 4.31. The van der Waals surface area contributed by atoms with Crippen LogP contribution in [0.4, 0.5) is 0 Å². The normalized spacial score (nSPS) is 43.3. The zero-order valence-corrected chi connectivity index (χ0v) is 9.79. The number of fused-ring (bicyclic) bond motifs is 2. The molecule has 0 aromatic heterocycles. The molecule has 0 spiro atoms. The second kappa shape index (κ2) is 3.78. The van der Waals surface area contributed by atoms with Crippen LogP contribution in [0.1, 0.15) is 33.1 Å². The third-order valence-electron chi connectivity index (χ3n) is 4.31. The smallest absolute Gasteiger partial charge is 0.314 e. The average Bonchev–Trinajstić information content (AvgIpc) is 2.77. The highest BCUT2D eigenvalue weighted by Crippen LogP contribution is 2.57. The molecule has 3 heteroatoms. The molecule has 0 aromatic carbocycles. The number of hydrogen-bond acceptors (Lipinski definition) is 3. The monoisotopic (exact) mass is 212 g/mol. The highest BCUT2D eigenvalue weighted by atomic mass is 16.5. The van der Waals surface area contributed by atoms with Crippen LogP contribution in [0, 0.1) is 17.3 Å². The van der Waals surface area contributed by atoms with Gasteiger partial charge >= 0.3 is 5.97 Å². The molecule has 15 heavy (non-hydrogen) atoms. The first kappa shape index (κ1) is 10.9. The number of methoxy groups -OCH3 is 1. The van der Waals surface area contributed by atoms with Gasteiger partial charge < -0.3 is 9.47 Å². The van der Waals surface area contributed by atoms with Gasteiger partial charge in [-0.25, -0.2) is 0 Å². The molecule has 2 fully saturated rings. The van der Waals surface area contributed by atoms with Crippen molar-refractivity contribution in [3.05, 3.63) is 0 Å². The fourth-order valence-corrected chi connectivity index (χ4v) is 3.56. The zero-order valence-electron chi connectivity index (χ0n) is 9.79. The Morgan fingerprint density at radius 2 is 2.20 bits per heavy atom. The van der Waals surface area contributed by atoms with Crippen molar-refractivity contribution in [2.24, 2.45) is 17.3 Å². The molecule has 0 radical (unpaired) electrons. The van der Waals surface area contributed by atoms with E-state index in [4.69, 9.17) is 9.47 Å². The van der Waals surface area contributed by atoms with Crippen molar-refractivity contribution in [1.29, 1.82) is 0 Å². The van der Waals surface area contributed by atoms with Crippen LogP contribution in [0.2, 0.25) is 0 Å². The van der Waals surface area contributed by atoms with Crippen LogP contribution in [0.25, 0.3) is 0 Å². The summed E-state index contributed by atoms with van der Waals surface area (Å²) in [5.74, 6) is 0.963. The van der Waals surface area contributed by atoms with Gasteiger partial charge in [-0.3, -0.25) is 4.79 Å². The van der Waals surface area contributed by atoms with Crippen LogP contribution >= 0.6 is 0 Å². The summed E-state index contributed by atoms with van der Waals surface area (Å²) in [6, 6.07) is 0. The van der Waals surface area contributed by atoms with E-state index in [9.17, 15) is 4.79 Å². The standard InChI is InChI=1S/C12H20O3/c1-4-15-11(13)12(2)9-6-5-8(7-9)10(12)14-3/h8-10H,4-7H2,1-3H3. The first-order chi connectivity index (χ1) is 7.14. The quantitative estimate of drug-likeness (QED) is 0.671. The number of hydrogen-bond donors (Lipinski definition) is 0. The summed E-state index contributed by atoms with van der Waals surface area (Å²) in [6.07, 6.45) is 3.56. The van der Waals surface area contributed by atoms with Crippen molar-refractivity contribution < 1.29 is 14.3 Å². The Kier molecular flexibility index (Phi) is 2.75. The van der Waals surface area contributed by atoms with Crippen molar-refractivity contribution in [1.82, 2.24) is 0 Å². The van der Waals surface area contributed by atoms with E-state index in [0.29, 0.717) is 18.4 Å². The molecule has 0 saturated heterocycles. The summed E-state index contributed by atoms with van der Waals surface area (Å²) in [6.45, 7) is 4.33. The van der Waals surface area contributed by atoms with Crippen LogP contribution in [0.3, 0.4) is 0 Å². The fourth-order valence-electron chi connectivity index (χ4n) is 3.56. The molecule has 2 aliphatic rings. The molecule has 86 valence electrons. The van der Waals surface area contributed by atoms with E-state index < -0.39 is 5.41 Å². The van der Waals surface area contributed by atoms with E-state index in [1.54, 1.807) is 7.11 Å². The largest absolute Gasteiger partial charge is 0.465 e. The van der Waals surface area contributed by atoms with Crippen LogP contribution in [-0.2, 0) is 14.3 Å². The number of ether oxygens (including phenoxy) is 2. The first-order valence-electron chi connectivity index (χ1n) is 5.84. The lowest BCUT2D eigenvalue weighted by molar-refractivity contribution is -0.168. The van der Waals surface area contributed by atoms with Crippen molar-refractivity contribution in [2.75, 3.05) is 13.7 Å². The van der Waals surface area contributed by atoms with Crippen molar-refractivity contribution in [3.8, 4) is 0 Å². The van der Waals surface area contributed by atoms with E-state index in [0.717, 1.165) is 12.8 Å². The van der Waals surface area contributed by atoms with Crippen molar-refractivity contribution >= 4 is 5.97 Å². The van der Waals surface area contributed by atoms with Crippen molar-refractivity contribution in [3.63, 3.8) is 0 Å². The average molecular weight is 212 g/mol. The Morgan fingerprint density at radius 1 is 1.47 bits per heavy atom. The second-order valence-electron chi connectivity index (χ2n) is 4.93. The van der Waals surface area contributed by atoms with E-state index in [2.05, 4.69) is 0 Å². The van der Waals surface area contributed by atoms with Crippen LogP contribution < -0.4 is 0 Å². The lowest BCUT2D eigenvalue weighted by Crippen LogP contribution is -2.46. The summed E-state index contributed by atoms with van der Waals surface area (Å²) in [5.41, 5.74) is -0.395. The molecule has 2 rings (SSSR count). The van der Waals surface area contributed by atoms with E-state index in [1.165, 1.54) is 6.42 Å². The highest BCUT2D eigenvalue weighted by Gasteiger charge is 2.60. The zero-order chi connectivity index (χ0) is 11.1. The predicted molar refractivity (Wildman–Crippen MR) is 56.4 cm³/mol. The van der Waals surface area contributed by atoms with Gasteiger partial charge in [0.15, 0.2) is 0 Å². The van der Waals surface area contributed by atoms with Crippen LogP contribution in [0.5, 0.6) is 0 Å². The SMILES string of the molecule is CCOC(=O)C1(C)C2CCC(C2)C1OC.